The molecule has 46 heavy (non-hydrogen) atoms. The Balaban J connectivity index is 0.000000200. The van der Waals surface area contributed by atoms with Gasteiger partial charge in [-0.3, -0.25) is 4.98 Å². The van der Waals surface area contributed by atoms with E-state index in [-0.39, 0.29) is 25.8 Å². The molecule has 0 aliphatic rings. The SMILES string of the molecule is [2H]C([2H])([2H])c1cc2oc3c[c-]c(-c4cc(C([2H])([2H])C(C)(C)C)ccn4)c4ncc(n1)c2c34.[Ir].[c-]1ccccc1-c1cc(-c2ccccc2)ccn1. The second-order valence-electron chi connectivity index (χ2n) is 11.8. The molecule has 1 radical (unpaired) electrons. The molecule has 8 rings (SSSR count). The molecular formula is C40H32IrN4O-2. The topological polar surface area (TPSA) is 64.7 Å². The van der Waals surface area contributed by atoms with Gasteiger partial charge in [-0.15, -0.1) is 48.0 Å². The molecule has 0 aliphatic carbocycles. The van der Waals surface area contributed by atoms with Crippen LogP contribution in [0.1, 0.15) is 38.9 Å². The van der Waals surface area contributed by atoms with Gasteiger partial charge in [0.2, 0.25) is 0 Å². The van der Waals surface area contributed by atoms with E-state index in [2.05, 4.69) is 50.3 Å². The fourth-order valence-electron chi connectivity index (χ4n) is 5.39. The van der Waals surface area contributed by atoms with Crippen LogP contribution >= 0.6 is 0 Å². The number of furan rings is 1. The fourth-order valence-corrected chi connectivity index (χ4v) is 5.39. The average Bonchev–Trinajstić information content (AvgIpc) is 3.50. The van der Waals surface area contributed by atoms with Crippen LogP contribution in [0.2, 0.25) is 0 Å². The first kappa shape index (κ1) is 25.4. The van der Waals surface area contributed by atoms with E-state index in [4.69, 9.17) is 11.3 Å². The number of hydrogen-bond acceptors (Lipinski definition) is 5. The standard InChI is InChI=1S/C23H20N3O.C17H12N.Ir/c1-13-9-19-20-17(26-13)12-25-22-15(5-6-18(27-19)21(20)22)16-10-14(7-8-24-16)11-23(2,3)4;1-3-7-14(8-4-1)16-11-12-18-17(13-16)15-9-5-2-6-10-15;/h6-10,12H,11H2,1-4H3;1-9,11-13H;/q2*-1;/i1D3,11D2;;. The predicted octanol–water partition coefficient (Wildman–Crippen LogP) is 9.94. The van der Waals surface area contributed by atoms with Crippen LogP contribution in [0, 0.1) is 24.4 Å². The van der Waals surface area contributed by atoms with Gasteiger partial charge in [0.1, 0.15) is 5.58 Å². The number of pyridine rings is 4. The van der Waals surface area contributed by atoms with E-state index in [1.54, 1.807) is 24.4 Å². The van der Waals surface area contributed by atoms with E-state index in [0.717, 1.165) is 16.6 Å². The van der Waals surface area contributed by atoms with E-state index in [0.29, 0.717) is 44.4 Å². The van der Waals surface area contributed by atoms with Gasteiger partial charge in [0.25, 0.3) is 0 Å². The predicted molar refractivity (Wildman–Crippen MR) is 182 cm³/mol. The van der Waals surface area contributed by atoms with Gasteiger partial charge in [-0.2, -0.15) is 0 Å². The summed E-state index contributed by atoms with van der Waals surface area (Å²) in [5.41, 5.74) is 7.41. The summed E-state index contributed by atoms with van der Waals surface area (Å²) in [6.45, 7) is 3.22. The van der Waals surface area contributed by atoms with Gasteiger partial charge in [0, 0.05) is 62.7 Å². The summed E-state index contributed by atoms with van der Waals surface area (Å²) in [4.78, 5) is 17.7. The van der Waals surface area contributed by atoms with Gasteiger partial charge in [-0.05, 0) is 64.2 Å². The van der Waals surface area contributed by atoms with Crippen molar-refractivity contribution >= 4 is 33.0 Å². The molecule has 0 spiro atoms. The quantitative estimate of drug-likeness (QED) is 0.131. The summed E-state index contributed by atoms with van der Waals surface area (Å²) < 4.78 is 46.1. The molecule has 229 valence electrons. The van der Waals surface area contributed by atoms with E-state index in [1.165, 1.54) is 23.4 Å². The molecule has 0 bridgehead atoms. The minimum absolute atomic E-state index is 0. The van der Waals surface area contributed by atoms with Crippen molar-refractivity contribution in [2.24, 2.45) is 5.41 Å². The van der Waals surface area contributed by atoms with Crippen LogP contribution in [0.15, 0.2) is 114 Å². The summed E-state index contributed by atoms with van der Waals surface area (Å²) in [6.07, 6.45) is 3.40. The molecule has 0 fully saturated rings. The molecule has 6 heteroatoms. The first-order valence-electron chi connectivity index (χ1n) is 17.1. The van der Waals surface area contributed by atoms with Crippen LogP contribution in [0.5, 0.6) is 0 Å². The molecule has 3 aromatic carbocycles. The third-order valence-electron chi connectivity index (χ3n) is 7.25. The minimum atomic E-state index is -2.36. The van der Waals surface area contributed by atoms with Crippen LogP contribution < -0.4 is 0 Å². The molecule has 0 atom stereocenters. The van der Waals surface area contributed by atoms with Crippen LogP contribution in [-0.4, -0.2) is 19.9 Å². The molecule has 8 aromatic rings. The molecule has 0 aliphatic heterocycles. The molecule has 0 unspecified atom stereocenters. The van der Waals surface area contributed by atoms with Crippen molar-refractivity contribution in [2.75, 3.05) is 0 Å². The number of aromatic nitrogens is 4. The van der Waals surface area contributed by atoms with Gasteiger partial charge >= 0.3 is 0 Å². The van der Waals surface area contributed by atoms with Crippen LogP contribution in [-0.2, 0) is 26.5 Å². The van der Waals surface area contributed by atoms with Crippen molar-refractivity contribution in [1.82, 2.24) is 19.9 Å². The van der Waals surface area contributed by atoms with Gasteiger partial charge in [0.05, 0.1) is 11.1 Å². The van der Waals surface area contributed by atoms with Crippen molar-refractivity contribution < 1.29 is 31.4 Å². The zero-order chi connectivity index (χ0) is 35.3. The van der Waals surface area contributed by atoms with Crippen molar-refractivity contribution in [3.63, 3.8) is 0 Å². The van der Waals surface area contributed by atoms with Crippen LogP contribution in [0.4, 0.5) is 0 Å². The summed E-state index contributed by atoms with van der Waals surface area (Å²) >= 11 is 0. The smallest absolute Gasteiger partial charge is 0.125 e. The second kappa shape index (κ2) is 12.9. The number of rotatable bonds is 4. The summed E-state index contributed by atoms with van der Waals surface area (Å²) in [6, 6.07) is 35.3. The van der Waals surface area contributed by atoms with Crippen molar-refractivity contribution in [3.8, 4) is 33.6 Å². The number of nitrogens with zero attached hydrogens (tertiary/aromatic N) is 4. The Morgan fingerprint density at radius 1 is 0.804 bits per heavy atom. The third kappa shape index (κ3) is 6.46. The van der Waals surface area contributed by atoms with Crippen LogP contribution in [0.25, 0.3) is 66.6 Å². The van der Waals surface area contributed by atoms with Crippen molar-refractivity contribution in [3.05, 3.63) is 133 Å². The Hall–Kier alpha value is -4.77. The monoisotopic (exact) mass is 782 g/mol. The normalized spacial score (nSPS) is 13.6. The maximum Gasteiger partial charge on any atom is 0.125 e. The zero-order valence-electron chi connectivity index (χ0n) is 30.4. The summed E-state index contributed by atoms with van der Waals surface area (Å²) in [7, 11) is 0. The number of aryl methyl sites for hydroxylation is 1. The van der Waals surface area contributed by atoms with E-state index < -0.39 is 18.6 Å². The third-order valence-corrected chi connectivity index (χ3v) is 7.25. The largest absolute Gasteiger partial charge is 0.500 e. The van der Waals surface area contributed by atoms with Gasteiger partial charge < -0.3 is 19.4 Å². The van der Waals surface area contributed by atoms with Crippen molar-refractivity contribution in [1.29, 1.82) is 0 Å². The average molecular weight is 782 g/mol. The van der Waals surface area contributed by atoms with Gasteiger partial charge in [-0.1, -0.05) is 74.4 Å². The maximum absolute atomic E-state index is 8.60. The molecule has 5 heterocycles. The molecular weight excluding hydrogens is 745 g/mol. The Kier molecular flexibility index (Phi) is 7.14. The van der Waals surface area contributed by atoms with Crippen molar-refractivity contribution in [2.45, 2.75) is 34.0 Å². The van der Waals surface area contributed by atoms with E-state index >= 15 is 0 Å². The zero-order valence-corrected chi connectivity index (χ0v) is 27.8. The summed E-state index contributed by atoms with van der Waals surface area (Å²) in [5.74, 6) is 0. The Morgan fingerprint density at radius 3 is 2.39 bits per heavy atom. The first-order chi connectivity index (χ1) is 23.8. The summed E-state index contributed by atoms with van der Waals surface area (Å²) in [5, 5.41) is 1.43. The van der Waals surface area contributed by atoms with E-state index in [1.807, 2.05) is 75.5 Å². The molecule has 0 saturated carbocycles. The molecule has 0 N–H and O–H groups in total. The number of benzene rings is 3. The molecule has 0 saturated heterocycles. The fraction of sp³-hybridized carbons (Fsp3) is 0.150. The van der Waals surface area contributed by atoms with E-state index in [9.17, 15) is 0 Å². The Bertz CT molecular complexity index is 2390. The van der Waals surface area contributed by atoms with Gasteiger partial charge in [-0.25, -0.2) is 0 Å². The van der Waals surface area contributed by atoms with Crippen LogP contribution in [0.3, 0.4) is 0 Å². The first-order valence-corrected chi connectivity index (χ1v) is 14.6. The maximum atomic E-state index is 8.60. The molecule has 0 amide bonds. The molecule has 5 aromatic heterocycles. The second-order valence-corrected chi connectivity index (χ2v) is 11.8. The Labute approximate surface area is 289 Å². The molecule has 5 nitrogen and oxygen atoms in total. The number of hydrogen-bond donors (Lipinski definition) is 0. The van der Waals surface area contributed by atoms with Gasteiger partial charge in [0.15, 0.2) is 0 Å². The Morgan fingerprint density at radius 2 is 1.61 bits per heavy atom. The minimum Gasteiger partial charge on any atom is -0.500 e.